The second-order valence-corrected chi connectivity index (χ2v) is 7.78. The quantitative estimate of drug-likeness (QED) is 0.754. The van der Waals surface area contributed by atoms with E-state index in [9.17, 15) is 9.50 Å². The number of rotatable bonds is 4. The predicted octanol–water partition coefficient (Wildman–Crippen LogP) is 3.30. The number of nitrogens with zero attached hydrogens (tertiary/aromatic N) is 3. The number of aliphatic hydroxyl groups is 1. The molecule has 0 radical (unpaired) electrons. The van der Waals surface area contributed by atoms with Gasteiger partial charge in [-0.3, -0.25) is 0 Å². The third-order valence-electron chi connectivity index (χ3n) is 6.19. The fourth-order valence-corrected chi connectivity index (χ4v) is 4.57. The van der Waals surface area contributed by atoms with E-state index in [1.807, 2.05) is 30.3 Å². The maximum atomic E-state index is 13.5. The molecule has 0 aliphatic carbocycles. The summed E-state index contributed by atoms with van der Waals surface area (Å²) in [5, 5.41) is 15.9. The Bertz CT molecular complexity index is 951. The van der Waals surface area contributed by atoms with E-state index < -0.39 is 5.60 Å². The van der Waals surface area contributed by atoms with Crippen LogP contribution in [-0.4, -0.2) is 39.8 Å². The summed E-state index contributed by atoms with van der Waals surface area (Å²) >= 11 is 0. The lowest BCUT2D eigenvalue weighted by Gasteiger charge is -2.43. The van der Waals surface area contributed by atoms with Crippen molar-refractivity contribution in [1.29, 1.82) is 0 Å². The Kier molecular flexibility index (Phi) is 4.25. The van der Waals surface area contributed by atoms with E-state index in [0.717, 1.165) is 32.5 Å². The van der Waals surface area contributed by atoms with Crippen LogP contribution in [0.3, 0.4) is 0 Å². The third kappa shape index (κ3) is 2.84. The van der Waals surface area contributed by atoms with Crippen LogP contribution in [-0.2, 0) is 5.60 Å². The van der Waals surface area contributed by atoms with Gasteiger partial charge >= 0.3 is 0 Å². The highest BCUT2D eigenvalue weighted by Gasteiger charge is 2.42. The van der Waals surface area contributed by atoms with Crippen LogP contribution in [0.2, 0.25) is 0 Å². The summed E-state index contributed by atoms with van der Waals surface area (Å²) in [6.45, 7) is 3.18. The Morgan fingerprint density at radius 2 is 1.68 bits per heavy atom. The Morgan fingerprint density at radius 3 is 2.32 bits per heavy atom. The molecule has 5 nitrogen and oxygen atoms in total. The van der Waals surface area contributed by atoms with Crippen molar-refractivity contribution >= 4 is 0 Å². The number of aromatic nitrogens is 2. The average Bonchev–Trinajstić information content (AvgIpc) is 3.26. The molecule has 2 aromatic carbocycles. The smallest absolute Gasteiger partial charge is 0.231 e. The highest BCUT2D eigenvalue weighted by atomic mass is 19.1. The predicted molar refractivity (Wildman–Crippen MR) is 101 cm³/mol. The van der Waals surface area contributed by atoms with Gasteiger partial charge in [0.05, 0.1) is 5.92 Å². The van der Waals surface area contributed by atoms with Gasteiger partial charge in [0.15, 0.2) is 5.60 Å². The minimum absolute atomic E-state index is 0.191. The summed E-state index contributed by atoms with van der Waals surface area (Å²) in [5.41, 5.74) is -0.491. The fraction of sp³-hybridized carbons (Fsp3) is 0.364. The normalized spacial score (nSPS) is 26.1. The first-order valence-electron chi connectivity index (χ1n) is 9.75. The molecule has 2 unspecified atom stereocenters. The van der Waals surface area contributed by atoms with Gasteiger partial charge in [0.2, 0.25) is 11.7 Å². The maximum absolute atomic E-state index is 13.5. The van der Waals surface area contributed by atoms with Crippen molar-refractivity contribution in [3.63, 3.8) is 0 Å². The lowest BCUT2D eigenvalue weighted by molar-refractivity contribution is 0.0726. The number of benzene rings is 2. The molecule has 28 heavy (non-hydrogen) atoms. The number of hydrogen-bond acceptors (Lipinski definition) is 5. The molecule has 1 N–H and O–H groups in total. The Hall–Kier alpha value is -2.57. The Labute approximate surface area is 162 Å². The molecule has 1 aromatic heterocycles. The summed E-state index contributed by atoms with van der Waals surface area (Å²) in [5.74, 6) is 1.17. The lowest BCUT2D eigenvalue weighted by atomic mass is 9.79. The summed E-state index contributed by atoms with van der Waals surface area (Å²) < 4.78 is 19.1. The Morgan fingerprint density at radius 1 is 1.00 bits per heavy atom. The van der Waals surface area contributed by atoms with Gasteiger partial charge in [-0.25, -0.2) is 4.39 Å². The van der Waals surface area contributed by atoms with Crippen molar-refractivity contribution in [3.8, 4) is 0 Å². The van der Waals surface area contributed by atoms with E-state index in [4.69, 9.17) is 4.52 Å². The lowest BCUT2D eigenvalue weighted by Crippen LogP contribution is -2.46. The van der Waals surface area contributed by atoms with E-state index >= 15 is 0 Å². The minimum atomic E-state index is -1.61. The fourth-order valence-electron chi connectivity index (χ4n) is 4.57. The molecule has 3 aliphatic heterocycles. The van der Waals surface area contributed by atoms with Crippen molar-refractivity contribution in [1.82, 2.24) is 15.0 Å². The van der Waals surface area contributed by atoms with Crippen LogP contribution in [0.25, 0.3) is 0 Å². The average molecular weight is 379 g/mol. The van der Waals surface area contributed by atoms with Crippen LogP contribution in [0.15, 0.2) is 59.1 Å². The van der Waals surface area contributed by atoms with Crippen LogP contribution >= 0.6 is 0 Å². The summed E-state index contributed by atoms with van der Waals surface area (Å²) in [6.07, 6.45) is 2.28. The molecule has 6 rings (SSSR count). The van der Waals surface area contributed by atoms with Crippen molar-refractivity contribution < 1.29 is 14.0 Å². The molecule has 0 amide bonds. The van der Waals surface area contributed by atoms with Crippen molar-refractivity contribution in [2.45, 2.75) is 24.4 Å². The molecule has 0 spiro atoms. The first kappa shape index (κ1) is 17.5. The number of fused-ring (bicyclic) bond motifs is 3. The largest absolute Gasteiger partial charge is 0.373 e. The molecule has 2 atom stereocenters. The van der Waals surface area contributed by atoms with Gasteiger partial charge in [0.1, 0.15) is 5.82 Å². The van der Waals surface area contributed by atoms with E-state index in [1.165, 1.54) is 12.1 Å². The van der Waals surface area contributed by atoms with Crippen molar-refractivity contribution in [2.24, 2.45) is 5.92 Å². The molecule has 0 saturated carbocycles. The SMILES string of the molecule is OC(c1ccccc1)(c1ccc(F)cc1)c1noc(C2CN3CCC2CC3)n1. The monoisotopic (exact) mass is 379 g/mol. The zero-order valence-electron chi connectivity index (χ0n) is 15.5. The number of piperidine rings is 3. The van der Waals surface area contributed by atoms with Gasteiger partial charge in [-0.15, -0.1) is 0 Å². The first-order valence-corrected chi connectivity index (χ1v) is 9.75. The molecular formula is C22H22FN3O2. The number of halogens is 1. The molecule has 144 valence electrons. The molecule has 3 aromatic rings. The van der Waals surface area contributed by atoms with Gasteiger partial charge in [-0.2, -0.15) is 4.98 Å². The highest BCUT2D eigenvalue weighted by molar-refractivity contribution is 5.42. The van der Waals surface area contributed by atoms with E-state index in [2.05, 4.69) is 15.0 Å². The maximum Gasteiger partial charge on any atom is 0.231 e. The van der Waals surface area contributed by atoms with Crippen molar-refractivity contribution in [3.05, 3.63) is 83.3 Å². The van der Waals surface area contributed by atoms with Crippen LogP contribution < -0.4 is 0 Å². The first-order chi connectivity index (χ1) is 13.6. The second kappa shape index (κ2) is 6.79. The molecule has 2 bridgehead atoms. The third-order valence-corrected chi connectivity index (χ3v) is 6.19. The molecule has 3 aliphatic rings. The van der Waals surface area contributed by atoms with Gasteiger partial charge in [-0.05, 0) is 55.1 Å². The zero-order chi connectivity index (χ0) is 19.1. The molecule has 4 heterocycles. The second-order valence-electron chi connectivity index (χ2n) is 7.78. The van der Waals surface area contributed by atoms with Crippen LogP contribution in [0, 0.1) is 11.7 Å². The minimum Gasteiger partial charge on any atom is -0.373 e. The van der Waals surface area contributed by atoms with Gasteiger partial charge in [0, 0.05) is 6.54 Å². The molecule has 3 saturated heterocycles. The molecular weight excluding hydrogens is 357 g/mol. The van der Waals surface area contributed by atoms with Crippen molar-refractivity contribution in [2.75, 3.05) is 19.6 Å². The van der Waals surface area contributed by atoms with Gasteiger partial charge in [0.25, 0.3) is 0 Å². The zero-order valence-corrected chi connectivity index (χ0v) is 15.5. The summed E-state index contributed by atoms with van der Waals surface area (Å²) in [6, 6.07) is 15.0. The summed E-state index contributed by atoms with van der Waals surface area (Å²) in [7, 11) is 0. The van der Waals surface area contributed by atoms with Crippen LogP contribution in [0.4, 0.5) is 4.39 Å². The van der Waals surface area contributed by atoms with Gasteiger partial charge < -0.3 is 14.5 Å². The van der Waals surface area contributed by atoms with E-state index in [-0.39, 0.29) is 17.6 Å². The topological polar surface area (TPSA) is 62.4 Å². The van der Waals surface area contributed by atoms with E-state index in [0.29, 0.717) is 22.9 Å². The van der Waals surface area contributed by atoms with Crippen LogP contribution in [0.1, 0.15) is 41.6 Å². The van der Waals surface area contributed by atoms with Gasteiger partial charge in [-0.1, -0.05) is 47.6 Å². The molecule has 3 fully saturated rings. The Balaban J connectivity index is 1.57. The van der Waals surface area contributed by atoms with Crippen LogP contribution in [0.5, 0.6) is 0 Å². The highest BCUT2D eigenvalue weighted by Crippen LogP contribution is 2.40. The standard InChI is InChI=1S/C22H22FN3O2/c23-18-8-6-17(7-9-18)22(27,16-4-2-1-3-5-16)21-24-20(28-25-21)19-14-26-12-10-15(19)11-13-26/h1-9,15,19,27H,10-14H2. The summed E-state index contributed by atoms with van der Waals surface area (Å²) in [4.78, 5) is 7.08. The number of hydrogen-bond donors (Lipinski definition) is 1. The van der Waals surface area contributed by atoms with E-state index in [1.54, 1.807) is 12.1 Å². The molecule has 6 heteroatoms.